The van der Waals surface area contributed by atoms with E-state index in [4.69, 9.17) is 4.42 Å². The molecule has 0 bridgehead atoms. The zero-order valence-electron chi connectivity index (χ0n) is 9.55. The number of hydrogen-bond acceptors (Lipinski definition) is 3. The third-order valence-electron chi connectivity index (χ3n) is 3.30. The topological polar surface area (TPSA) is 47.3 Å². The van der Waals surface area contributed by atoms with Gasteiger partial charge in [-0.15, -0.1) is 0 Å². The zero-order valence-corrected chi connectivity index (χ0v) is 12.0. The fourth-order valence-corrected chi connectivity index (χ4v) is 5.37. The summed E-state index contributed by atoms with van der Waals surface area (Å²) in [6, 6.07) is 12.5. The van der Waals surface area contributed by atoms with Gasteiger partial charge in [0.05, 0.1) is 4.90 Å². The van der Waals surface area contributed by atoms with Crippen LogP contribution in [0.25, 0.3) is 22.3 Å². The van der Waals surface area contributed by atoms with Crippen LogP contribution in [0, 0.1) is 0 Å². The summed E-state index contributed by atoms with van der Waals surface area (Å²) in [5.41, 5.74) is 1.22. The molecule has 0 spiro atoms. The third kappa shape index (κ3) is 1.29. The number of sulfone groups is 1. The first-order valence-electron chi connectivity index (χ1n) is 5.66. The maximum atomic E-state index is 12.7. The molecule has 0 saturated heterocycles. The van der Waals surface area contributed by atoms with E-state index in [1.54, 1.807) is 30.3 Å². The largest absolute Gasteiger partial charge is 0.455 e. The standard InChI is InChI=1S/C14H7BrO3S/c15-10-6-3-5-9-12-14(19(16,17)13(9)10)8-4-1-2-7-11(8)18-12/h1-7H. The molecule has 1 aliphatic rings. The van der Waals surface area contributed by atoms with Gasteiger partial charge in [0.2, 0.25) is 9.84 Å². The summed E-state index contributed by atoms with van der Waals surface area (Å²) < 4.78 is 31.7. The van der Waals surface area contributed by atoms with E-state index in [-0.39, 0.29) is 4.90 Å². The second-order valence-corrected chi connectivity index (χ2v) is 7.05. The molecule has 1 aliphatic heterocycles. The SMILES string of the molecule is O=S1(=O)c2c(Br)cccc2-c2oc3ccccc3c21. The zero-order chi connectivity index (χ0) is 13.2. The Labute approximate surface area is 117 Å². The fourth-order valence-electron chi connectivity index (χ4n) is 2.53. The number of rotatable bonds is 0. The summed E-state index contributed by atoms with van der Waals surface area (Å²) in [7, 11) is -3.52. The van der Waals surface area contributed by atoms with E-state index in [0.717, 1.165) is 0 Å². The van der Waals surface area contributed by atoms with Gasteiger partial charge in [-0.2, -0.15) is 0 Å². The Morgan fingerprint density at radius 1 is 0.947 bits per heavy atom. The quantitative estimate of drug-likeness (QED) is 0.488. The van der Waals surface area contributed by atoms with Gasteiger partial charge in [0, 0.05) is 15.4 Å². The highest BCUT2D eigenvalue weighted by molar-refractivity contribution is 9.10. The van der Waals surface area contributed by atoms with Crippen LogP contribution in [0.2, 0.25) is 0 Å². The van der Waals surface area contributed by atoms with Gasteiger partial charge < -0.3 is 4.42 Å². The lowest BCUT2D eigenvalue weighted by Crippen LogP contribution is -1.97. The molecule has 0 unspecified atom stereocenters. The molecule has 19 heavy (non-hydrogen) atoms. The predicted molar refractivity (Wildman–Crippen MR) is 74.8 cm³/mol. The average molecular weight is 335 g/mol. The second-order valence-electron chi connectivity index (χ2n) is 4.38. The number of para-hydroxylation sites is 1. The van der Waals surface area contributed by atoms with Crippen LogP contribution in [-0.2, 0) is 9.84 Å². The minimum Gasteiger partial charge on any atom is -0.455 e. The lowest BCUT2D eigenvalue weighted by molar-refractivity contribution is 0.597. The van der Waals surface area contributed by atoms with Gasteiger partial charge in [0.15, 0.2) is 5.76 Å². The minimum absolute atomic E-state index is 0.282. The van der Waals surface area contributed by atoms with E-state index in [9.17, 15) is 8.42 Å². The monoisotopic (exact) mass is 334 g/mol. The lowest BCUT2D eigenvalue weighted by atomic mass is 10.1. The first-order valence-corrected chi connectivity index (χ1v) is 7.94. The smallest absolute Gasteiger partial charge is 0.212 e. The molecule has 0 N–H and O–H groups in total. The lowest BCUT2D eigenvalue weighted by Gasteiger charge is -2.01. The van der Waals surface area contributed by atoms with Crippen molar-refractivity contribution in [1.29, 1.82) is 0 Å². The normalized spacial score (nSPS) is 15.4. The van der Waals surface area contributed by atoms with Gasteiger partial charge in [0.1, 0.15) is 10.5 Å². The maximum Gasteiger partial charge on any atom is 0.212 e. The van der Waals surface area contributed by atoms with Crippen LogP contribution < -0.4 is 0 Å². The minimum atomic E-state index is -3.52. The molecule has 0 saturated carbocycles. The van der Waals surface area contributed by atoms with E-state index in [0.29, 0.717) is 31.7 Å². The first kappa shape index (κ1) is 11.3. The maximum absolute atomic E-state index is 12.7. The van der Waals surface area contributed by atoms with E-state index in [1.807, 2.05) is 12.1 Å². The number of halogens is 1. The summed E-state index contributed by atoms with van der Waals surface area (Å²) in [6.45, 7) is 0. The molecule has 3 nitrogen and oxygen atoms in total. The Kier molecular flexibility index (Phi) is 2.07. The summed E-state index contributed by atoms with van der Waals surface area (Å²) in [5.74, 6) is 0.442. The summed E-state index contributed by atoms with van der Waals surface area (Å²) >= 11 is 3.31. The predicted octanol–water partition coefficient (Wildman–Crippen LogP) is 4.01. The number of hydrogen-bond donors (Lipinski definition) is 0. The third-order valence-corrected chi connectivity index (χ3v) is 6.14. The fraction of sp³-hybridized carbons (Fsp3) is 0. The van der Waals surface area contributed by atoms with Crippen molar-refractivity contribution in [2.45, 2.75) is 9.79 Å². The molecule has 4 rings (SSSR count). The molecular weight excluding hydrogens is 328 g/mol. The van der Waals surface area contributed by atoms with Crippen molar-refractivity contribution in [1.82, 2.24) is 0 Å². The Morgan fingerprint density at radius 3 is 2.58 bits per heavy atom. The van der Waals surface area contributed by atoms with E-state index >= 15 is 0 Å². The number of furan rings is 1. The van der Waals surface area contributed by atoms with Crippen LogP contribution in [0.5, 0.6) is 0 Å². The van der Waals surface area contributed by atoms with Gasteiger partial charge in [-0.1, -0.05) is 18.2 Å². The molecule has 94 valence electrons. The number of fused-ring (bicyclic) bond motifs is 5. The van der Waals surface area contributed by atoms with E-state index in [2.05, 4.69) is 15.9 Å². The van der Waals surface area contributed by atoms with Crippen molar-refractivity contribution < 1.29 is 12.8 Å². The highest BCUT2D eigenvalue weighted by atomic mass is 79.9. The van der Waals surface area contributed by atoms with Crippen molar-refractivity contribution in [2.75, 3.05) is 0 Å². The molecule has 0 fully saturated rings. The van der Waals surface area contributed by atoms with Crippen LogP contribution >= 0.6 is 15.9 Å². The van der Waals surface area contributed by atoms with E-state index in [1.165, 1.54) is 0 Å². The highest BCUT2D eigenvalue weighted by Crippen LogP contribution is 2.50. The van der Waals surface area contributed by atoms with Crippen molar-refractivity contribution in [3.63, 3.8) is 0 Å². The molecular formula is C14H7BrO3S. The second kappa shape index (κ2) is 3.49. The van der Waals surface area contributed by atoms with Crippen molar-refractivity contribution in [3.8, 4) is 11.3 Å². The van der Waals surface area contributed by atoms with Crippen molar-refractivity contribution >= 4 is 36.7 Å². The Balaban J connectivity index is 2.27. The van der Waals surface area contributed by atoms with Gasteiger partial charge in [-0.25, -0.2) is 8.42 Å². The highest BCUT2D eigenvalue weighted by Gasteiger charge is 2.39. The molecule has 0 amide bonds. The molecule has 0 aliphatic carbocycles. The molecule has 0 atom stereocenters. The van der Waals surface area contributed by atoms with Crippen LogP contribution in [0.15, 0.2) is 61.1 Å². The first-order chi connectivity index (χ1) is 9.10. The Bertz CT molecular complexity index is 938. The molecule has 2 aromatic carbocycles. The molecule has 5 heteroatoms. The van der Waals surface area contributed by atoms with Gasteiger partial charge >= 0.3 is 0 Å². The molecule has 3 aromatic rings. The van der Waals surface area contributed by atoms with Gasteiger partial charge in [-0.3, -0.25) is 0 Å². The van der Waals surface area contributed by atoms with E-state index < -0.39 is 9.84 Å². The van der Waals surface area contributed by atoms with Crippen molar-refractivity contribution in [3.05, 3.63) is 46.9 Å². The summed E-state index contributed by atoms with van der Waals surface area (Å²) in [6.07, 6.45) is 0. The van der Waals surface area contributed by atoms with Crippen LogP contribution in [-0.4, -0.2) is 8.42 Å². The van der Waals surface area contributed by atoms with Gasteiger partial charge in [0.25, 0.3) is 0 Å². The summed E-state index contributed by atoms with van der Waals surface area (Å²) in [5, 5.41) is 0.639. The van der Waals surface area contributed by atoms with Crippen molar-refractivity contribution in [2.24, 2.45) is 0 Å². The average Bonchev–Trinajstić information content (AvgIpc) is 2.86. The van der Waals surface area contributed by atoms with Crippen LogP contribution in [0.1, 0.15) is 0 Å². The van der Waals surface area contributed by atoms with Gasteiger partial charge in [-0.05, 0) is 40.2 Å². The Hall–Kier alpha value is -1.59. The Morgan fingerprint density at radius 2 is 1.74 bits per heavy atom. The van der Waals surface area contributed by atoms with Crippen LogP contribution in [0.3, 0.4) is 0 Å². The molecule has 0 radical (unpaired) electrons. The molecule has 2 heterocycles. The summed E-state index contributed by atoms with van der Waals surface area (Å²) in [4.78, 5) is 0.583. The molecule has 1 aromatic heterocycles. The number of benzene rings is 2. The van der Waals surface area contributed by atoms with Crippen LogP contribution in [0.4, 0.5) is 0 Å².